The fourth-order valence-corrected chi connectivity index (χ4v) is 4.87. The molecule has 1 aliphatic rings. The van der Waals surface area contributed by atoms with Crippen molar-refractivity contribution in [3.05, 3.63) is 65.2 Å². The van der Waals surface area contributed by atoms with Crippen molar-refractivity contribution in [3.63, 3.8) is 0 Å². The molecular weight excluding hydrogens is 432 g/mol. The van der Waals surface area contributed by atoms with Crippen molar-refractivity contribution in [1.82, 2.24) is 9.79 Å². The normalized spacial score (nSPS) is 24.0. The van der Waals surface area contributed by atoms with E-state index < -0.39 is 33.6 Å². The molecule has 0 unspecified atom stereocenters. The first-order valence-electron chi connectivity index (χ1n) is 9.24. The maximum absolute atomic E-state index is 12.5. The number of aliphatic hydroxyl groups excluding tert-OH is 1. The number of carbonyl (C=O) groups is 1. The summed E-state index contributed by atoms with van der Waals surface area (Å²) in [5, 5.41) is 21.5. The van der Waals surface area contributed by atoms with E-state index in [0.717, 1.165) is 0 Å². The van der Waals surface area contributed by atoms with E-state index in [1.165, 1.54) is 12.1 Å². The molecule has 0 bridgehead atoms. The number of halogens is 1. The Hall–Kier alpha value is -2.01. The van der Waals surface area contributed by atoms with Crippen LogP contribution in [0.1, 0.15) is 17.3 Å². The van der Waals surface area contributed by atoms with Crippen LogP contribution >= 0.6 is 11.6 Å². The molecule has 1 fully saturated rings. The monoisotopic (exact) mass is 454 g/mol. The Morgan fingerprint density at radius 3 is 2.53 bits per heavy atom. The number of hydrogen-bond acceptors (Lipinski definition) is 6. The fraction of sp³-hybridized carbons (Fsp3) is 0.350. The molecule has 0 aliphatic carbocycles. The zero-order valence-corrected chi connectivity index (χ0v) is 17.8. The van der Waals surface area contributed by atoms with Gasteiger partial charge in [0.25, 0.3) is 5.91 Å². The minimum atomic E-state index is -3.90. The molecule has 1 heterocycles. The van der Waals surface area contributed by atoms with Crippen molar-refractivity contribution in [2.45, 2.75) is 24.0 Å². The van der Waals surface area contributed by atoms with E-state index in [2.05, 4.69) is 4.72 Å². The maximum Gasteiger partial charge on any atom is 0.277 e. The minimum Gasteiger partial charge on any atom is -0.390 e. The number of aliphatic hydroxyl groups is 1. The molecule has 8 nitrogen and oxygen atoms in total. The van der Waals surface area contributed by atoms with E-state index in [4.69, 9.17) is 16.3 Å². The van der Waals surface area contributed by atoms with Gasteiger partial charge in [-0.25, -0.2) is 18.2 Å². The first-order valence-corrected chi connectivity index (χ1v) is 11.1. The number of hydroxylamine groups is 2. The number of carbonyl (C=O) groups excluding carboxylic acids is 1. The number of hydrogen-bond donors (Lipinski definition) is 3. The average molecular weight is 455 g/mol. The summed E-state index contributed by atoms with van der Waals surface area (Å²) in [6.07, 6.45) is -1.97. The highest BCUT2D eigenvalue weighted by Crippen LogP contribution is 2.34. The van der Waals surface area contributed by atoms with Crippen LogP contribution in [-0.2, 0) is 14.8 Å². The number of amides is 1. The van der Waals surface area contributed by atoms with Gasteiger partial charge in [-0.05, 0) is 24.3 Å². The molecule has 3 atom stereocenters. The topological polar surface area (TPSA) is 116 Å². The average Bonchev–Trinajstić information content (AvgIpc) is 3.00. The molecule has 2 aromatic carbocycles. The van der Waals surface area contributed by atoms with E-state index >= 15 is 0 Å². The van der Waals surface area contributed by atoms with Crippen molar-refractivity contribution in [1.29, 1.82) is 0 Å². The molecule has 162 valence electrons. The summed E-state index contributed by atoms with van der Waals surface area (Å²) in [4.78, 5) is 12.3. The van der Waals surface area contributed by atoms with Gasteiger partial charge in [0, 0.05) is 17.5 Å². The third-order valence-corrected chi connectivity index (χ3v) is 6.98. The Morgan fingerprint density at radius 1 is 1.23 bits per heavy atom. The Morgan fingerprint density at radius 2 is 1.87 bits per heavy atom. The Kier molecular flexibility index (Phi) is 6.81. The van der Waals surface area contributed by atoms with Crippen molar-refractivity contribution < 1.29 is 28.3 Å². The first kappa shape index (κ1) is 22.7. The maximum atomic E-state index is 12.5. The number of ether oxygens (including phenoxy) is 1. The lowest BCUT2D eigenvalue weighted by Gasteiger charge is -2.31. The predicted molar refractivity (Wildman–Crippen MR) is 110 cm³/mol. The lowest BCUT2D eigenvalue weighted by molar-refractivity contribution is -0.0940. The molecule has 0 aromatic heterocycles. The lowest BCUT2D eigenvalue weighted by Crippen LogP contribution is -2.47. The largest absolute Gasteiger partial charge is 0.390 e. The van der Waals surface area contributed by atoms with Gasteiger partial charge >= 0.3 is 0 Å². The van der Waals surface area contributed by atoms with Crippen LogP contribution < -0.4 is 4.72 Å². The molecule has 1 aliphatic heterocycles. The number of nitrogens with one attached hydrogen (secondary N) is 1. The summed E-state index contributed by atoms with van der Waals surface area (Å²) in [5.41, 5.74) is -0.680. The molecule has 1 amide bonds. The zero-order chi connectivity index (χ0) is 21.9. The minimum absolute atomic E-state index is 0.0335. The van der Waals surface area contributed by atoms with Crippen LogP contribution in [0.15, 0.2) is 59.5 Å². The molecular formula is C20H23ClN2O6S. The van der Waals surface area contributed by atoms with Gasteiger partial charge in [-0.1, -0.05) is 48.9 Å². The fourth-order valence-electron chi connectivity index (χ4n) is 3.31. The molecule has 3 N–H and O–H groups in total. The Labute approximate surface area is 180 Å². The van der Waals surface area contributed by atoms with Gasteiger partial charge in [-0.3, -0.25) is 10.0 Å². The summed E-state index contributed by atoms with van der Waals surface area (Å²) in [7, 11) is -3.90. The summed E-state index contributed by atoms with van der Waals surface area (Å²) in [6.45, 7) is 1.31. The van der Waals surface area contributed by atoms with Crippen LogP contribution in [0.3, 0.4) is 0 Å². The third kappa shape index (κ3) is 4.83. The van der Waals surface area contributed by atoms with Crippen molar-refractivity contribution >= 4 is 27.5 Å². The highest BCUT2D eigenvalue weighted by atomic mass is 35.5. The second kappa shape index (κ2) is 9.01. The third-order valence-electron chi connectivity index (χ3n) is 5.06. The standard InChI is InChI=1S/C20H23ClN2O6S/c1-20(12-23(26)19(25)14-7-3-2-4-8-14)13-29-16(18(20)24)11-22-30(27,28)17-10-6-5-9-15(17)21/h2-10,16,18,22,24,26H,11-13H2,1H3/t16-,18-,20-/m1/s1. The van der Waals surface area contributed by atoms with Gasteiger partial charge in [-0.2, -0.15) is 0 Å². The van der Waals surface area contributed by atoms with Crippen LogP contribution in [0.4, 0.5) is 0 Å². The first-order chi connectivity index (χ1) is 14.1. The second-order valence-corrected chi connectivity index (χ2v) is 9.60. The Bertz CT molecular complexity index is 1000. The molecule has 2 aromatic rings. The van der Waals surface area contributed by atoms with Gasteiger partial charge in [0.2, 0.25) is 10.0 Å². The number of benzene rings is 2. The van der Waals surface area contributed by atoms with Gasteiger partial charge in [-0.15, -0.1) is 0 Å². The van der Waals surface area contributed by atoms with E-state index in [-0.39, 0.29) is 29.6 Å². The molecule has 1 saturated heterocycles. The van der Waals surface area contributed by atoms with Crippen LogP contribution in [0.5, 0.6) is 0 Å². The highest BCUT2D eigenvalue weighted by Gasteiger charge is 2.47. The number of sulfonamides is 1. The number of rotatable bonds is 7. The second-order valence-electron chi connectivity index (χ2n) is 7.46. The lowest BCUT2D eigenvalue weighted by atomic mass is 9.84. The van der Waals surface area contributed by atoms with Crippen molar-refractivity contribution in [2.24, 2.45) is 5.41 Å². The van der Waals surface area contributed by atoms with E-state index in [1.54, 1.807) is 49.4 Å². The zero-order valence-electron chi connectivity index (χ0n) is 16.2. The molecule has 0 radical (unpaired) electrons. The van der Waals surface area contributed by atoms with E-state index in [9.17, 15) is 23.5 Å². The van der Waals surface area contributed by atoms with Crippen LogP contribution in [-0.4, -0.2) is 61.6 Å². The summed E-state index contributed by atoms with van der Waals surface area (Å²) in [6, 6.07) is 14.3. The van der Waals surface area contributed by atoms with Crippen LogP contribution in [0, 0.1) is 5.41 Å². The number of nitrogens with zero attached hydrogens (tertiary/aromatic N) is 1. The SMILES string of the molecule is C[C@@]1(CN(O)C(=O)c2ccccc2)CO[C@H](CNS(=O)(=O)c2ccccc2Cl)[C@H]1O. The molecule has 10 heteroatoms. The summed E-state index contributed by atoms with van der Waals surface area (Å²) < 4.78 is 32.9. The van der Waals surface area contributed by atoms with Gasteiger partial charge in [0.15, 0.2) is 0 Å². The quantitative estimate of drug-likeness (QED) is 0.434. The molecule has 0 spiro atoms. The molecule has 30 heavy (non-hydrogen) atoms. The van der Waals surface area contributed by atoms with E-state index in [1.807, 2.05) is 0 Å². The highest BCUT2D eigenvalue weighted by molar-refractivity contribution is 7.89. The van der Waals surface area contributed by atoms with Gasteiger partial charge in [0.1, 0.15) is 4.90 Å². The van der Waals surface area contributed by atoms with Crippen LogP contribution in [0.2, 0.25) is 5.02 Å². The van der Waals surface area contributed by atoms with Crippen molar-refractivity contribution in [3.8, 4) is 0 Å². The van der Waals surface area contributed by atoms with E-state index in [0.29, 0.717) is 10.6 Å². The van der Waals surface area contributed by atoms with Gasteiger partial charge in [0.05, 0.1) is 30.4 Å². The summed E-state index contributed by atoms with van der Waals surface area (Å²) in [5.74, 6) is -0.605. The molecule has 3 rings (SSSR count). The summed E-state index contributed by atoms with van der Waals surface area (Å²) >= 11 is 5.95. The Balaban J connectivity index is 1.63. The van der Waals surface area contributed by atoms with Crippen molar-refractivity contribution in [2.75, 3.05) is 19.7 Å². The predicted octanol–water partition coefficient (Wildman–Crippen LogP) is 1.92. The molecule has 0 saturated carbocycles. The smallest absolute Gasteiger partial charge is 0.277 e. The van der Waals surface area contributed by atoms with Gasteiger partial charge < -0.3 is 9.84 Å². The van der Waals surface area contributed by atoms with Crippen LogP contribution in [0.25, 0.3) is 0 Å².